The van der Waals surface area contributed by atoms with Gasteiger partial charge in [-0.3, -0.25) is 4.68 Å². The third kappa shape index (κ3) is 5.14. The van der Waals surface area contributed by atoms with E-state index < -0.39 is 20.0 Å². The largest absolute Gasteiger partial charge is 0.369 e. The fraction of sp³-hybridized carbons (Fsp3) is 0.348. The summed E-state index contributed by atoms with van der Waals surface area (Å²) in [6.07, 6.45) is 3.11. The first-order valence-corrected chi connectivity index (χ1v) is 14.5. The van der Waals surface area contributed by atoms with E-state index in [1.54, 1.807) is 30.1 Å². The van der Waals surface area contributed by atoms with Gasteiger partial charge in [-0.25, -0.2) is 30.7 Å². The lowest BCUT2D eigenvalue weighted by atomic mass is 9.88. The van der Waals surface area contributed by atoms with Crippen molar-refractivity contribution < 1.29 is 21.2 Å². The number of anilines is 1. The average molecular weight is 556 g/mol. The molecular formula is C23H27ClFN5O4S2. The van der Waals surface area contributed by atoms with Crippen LogP contribution < -0.4 is 10.0 Å². The maximum absolute atomic E-state index is 14.4. The van der Waals surface area contributed by atoms with E-state index in [1.807, 2.05) is 4.90 Å². The van der Waals surface area contributed by atoms with Crippen LogP contribution in [0.5, 0.6) is 0 Å². The summed E-state index contributed by atoms with van der Waals surface area (Å²) in [7, 11) is -3.51. The van der Waals surface area contributed by atoms with Crippen molar-refractivity contribution in [2.45, 2.75) is 28.6 Å². The second-order valence-electron chi connectivity index (χ2n) is 8.95. The minimum atomic E-state index is -4.17. The lowest BCUT2D eigenvalue weighted by molar-refractivity contribution is 0.498. The molecule has 2 aromatic carbocycles. The van der Waals surface area contributed by atoms with Gasteiger partial charge in [-0.05, 0) is 55.2 Å². The summed E-state index contributed by atoms with van der Waals surface area (Å²) in [5, 5.41) is 10.3. The Morgan fingerprint density at radius 2 is 1.75 bits per heavy atom. The highest BCUT2D eigenvalue weighted by Crippen LogP contribution is 2.39. The Balaban J connectivity index is 1.73. The fourth-order valence-electron chi connectivity index (χ4n) is 4.50. The van der Waals surface area contributed by atoms with Crippen LogP contribution >= 0.6 is 11.6 Å². The maximum atomic E-state index is 14.4. The topological polar surface area (TPSA) is 119 Å². The van der Waals surface area contributed by atoms with Crippen LogP contribution in [0.15, 0.2) is 52.4 Å². The molecule has 0 amide bonds. The Morgan fingerprint density at radius 3 is 2.33 bits per heavy atom. The number of primary sulfonamides is 1. The van der Waals surface area contributed by atoms with E-state index in [1.165, 1.54) is 38.4 Å². The van der Waals surface area contributed by atoms with Crippen LogP contribution in [0.4, 0.5) is 10.1 Å². The number of aromatic nitrogens is 2. The van der Waals surface area contributed by atoms with Gasteiger partial charge < -0.3 is 4.90 Å². The number of nitrogens with two attached hydrogens (primary N) is 1. The van der Waals surface area contributed by atoms with Crippen LogP contribution in [-0.2, 0) is 27.1 Å². The first-order valence-electron chi connectivity index (χ1n) is 11.1. The average Bonchev–Trinajstić information content (AvgIpc) is 3.19. The monoisotopic (exact) mass is 555 g/mol. The molecule has 194 valence electrons. The molecule has 4 rings (SSSR count). The maximum Gasteiger partial charge on any atom is 0.242 e. The summed E-state index contributed by atoms with van der Waals surface area (Å²) in [6, 6.07) is 8.31. The molecule has 0 spiro atoms. The van der Waals surface area contributed by atoms with Gasteiger partial charge in [-0.15, -0.1) is 0 Å². The Labute approximate surface area is 215 Å². The second kappa shape index (κ2) is 9.75. The smallest absolute Gasteiger partial charge is 0.242 e. The number of nitrogens with zero attached hydrogens (tertiary/aromatic N) is 4. The van der Waals surface area contributed by atoms with Crippen LogP contribution in [0.25, 0.3) is 11.3 Å². The van der Waals surface area contributed by atoms with Crippen molar-refractivity contribution >= 4 is 37.3 Å². The van der Waals surface area contributed by atoms with Gasteiger partial charge in [0.15, 0.2) is 0 Å². The molecule has 1 fully saturated rings. The molecule has 1 saturated heterocycles. The number of aryl methyl sites for hydroxylation is 1. The van der Waals surface area contributed by atoms with Gasteiger partial charge in [0.05, 0.1) is 21.2 Å². The highest BCUT2D eigenvalue weighted by atomic mass is 35.5. The predicted molar refractivity (Wildman–Crippen MR) is 136 cm³/mol. The standard InChI is InChI=1S/C23H27ClFN5O4S2/c1-28(2)36(33,34)17-5-7-22(35(26,31)32)18(13-17)23-19(14-29(3)27-23)15-8-10-30(11-9-15)21-6-4-16(24)12-20(21)25/h4-7,12-15H,8-11H2,1-3H3,(H2,26,31,32). The number of benzene rings is 2. The second-order valence-corrected chi connectivity index (χ2v) is 13.1. The summed E-state index contributed by atoms with van der Waals surface area (Å²) in [6.45, 7) is 1.13. The van der Waals surface area contributed by atoms with E-state index in [9.17, 15) is 21.2 Å². The zero-order chi connectivity index (χ0) is 26.4. The number of piperidine rings is 1. The number of sulfonamides is 2. The van der Waals surface area contributed by atoms with Crippen molar-refractivity contribution in [2.75, 3.05) is 32.1 Å². The molecule has 13 heteroatoms. The molecule has 1 aliphatic rings. The van der Waals surface area contributed by atoms with Gasteiger partial charge in [0.25, 0.3) is 0 Å². The molecule has 2 N–H and O–H groups in total. The summed E-state index contributed by atoms with van der Waals surface area (Å²) < 4.78 is 67.4. The van der Waals surface area contributed by atoms with Crippen molar-refractivity contribution in [3.63, 3.8) is 0 Å². The van der Waals surface area contributed by atoms with Gasteiger partial charge in [-0.1, -0.05) is 11.6 Å². The summed E-state index contributed by atoms with van der Waals surface area (Å²) in [4.78, 5) is 1.67. The van der Waals surface area contributed by atoms with Crippen molar-refractivity contribution in [2.24, 2.45) is 12.2 Å². The molecule has 2 heterocycles. The normalized spacial score (nSPS) is 15.6. The first-order chi connectivity index (χ1) is 16.8. The molecular weight excluding hydrogens is 529 g/mol. The van der Waals surface area contributed by atoms with E-state index >= 15 is 0 Å². The van der Waals surface area contributed by atoms with E-state index in [-0.39, 0.29) is 27.1 Å². The molecule has 0 saturated carbocycles. The molecule has 36 heavy (non-hydrogen) atoms. The third-order valence-electron chi connectivity index (χ3n) is 6.33. The Kier molecular flexibility index (Phi) is 7.19. The van der Waals surface area contributed by atoms with Gasteiger partial charge in [0, 0.05) is 56.6 Å². The summed E-state index contributed by atoms with van der Waals surface area (Å²) >= 11 is 5.88. The highest BCUT2D eigenvalue weighted by molar-refractivity contribution is 7.89. The molecule has 1 aromatic heterocycles. The van der Waals surface area contributed by atoms with Crippen LogP contribution in [0.3, 0.4) is 0 Å². The van der Waals surface area contributed by atoms with E-state index in [4.69, 9.17) is 16.7 Å². The molecule has 9 nitrogen and oxygen atoms in total. The zero-order valence-electron chi connectivity index (χ0n) is 20.0. The number of hydrogen-bond acceptors (Lipinski definition) is 6. The zero-order valence-corrected chi connectivity index (χ0v) is 22.4. The molecule has 0 aliphatic carbocycles. The number of halogens is 2. The molecule has 3 aromatic rings. The Bertz CT molecular complexity index is 1520. The van der Waals surface area contributed by atoms with Crippen molar-refractivity contribution in [3.8, 4) is 11.3 Å². The Morgan fingerprint density at radius 1 is 1.08 bits per heavy atom. The number of hydrogen-bond donors (Lipinski definition) is 1. The highest BCUT2D eigenvalue weighted by Gasteiger charge is 2.30. The fourth-order valence-corrected chi connectivity index (χ4v) is 6.30. The van der Waals surface area contributed by atoms with Crippen LogP contribution in [0.2, 0.25) is 5.02 Å². The summed E-state index contributed by atoms with van der Waals surface area (Å²) in [5.74, 6) is -0.400. The minimum Gasteiger partial charge on any atom is -0.369 e. The number of rotatable bonds is 6. The van der Waals surface area contributed by atoms with Gasteiger partial charge in [0.1, 0.15) is 5.82 Å². The van der Waals surface area contributed by atoms with E-state index in [0.717, 1.165) is 9.87 Å². The minimum absolute atomic E-state index is 0.0113. The molecule has 0 unspecified atom stereocenters. The lowest BCUT2D eigenvalue weighted by Gasteiger charge is -2.34. The SMILES string of the molecule is CN(C)S(=O)(=O)c1ccc(S(N)(=O)=O)c(-c2nn(C)cc2C2CCN(c3ccc(Cl)cc3F)CC2)c1. The van der Waals surface area contributed by atoms with Gasteiger partial charge in [0.2, 0.25) is 20.0 Å². The van der Waals surface area contributed by atoms with Crippen molar-refractivity contribution in [1.82, 2.24) is 14.1 Å². The molecule has 0 bridgehead atoms. The van der Waals surface area contributed by atoms with Crippen LogP contribution in [-0.4, -0.2) is 58.1 Å². The Hall–Kier alpha value is -2.51. The predicted octanol–water partition coefficient (Wildman–Crippen LogP) is 3.16. The van der Waals surface area contributed by atoms with E-state index in [2.05, 4.69) is 5.10 Å². The molecule has 0 radical (unpaired) electrons. The lowest BCUT2D eigenvalue weighted by Crippen LogP contribution is -2.33. The van der Waals surface area contributed by atoms with Crippen molar-refractivity contribution in [1.29, 1.82) is 0 Å². The quantitative estimate of drug-likeness (QED) is 0.499. The van der Waals surface area contributed by atoms with Gasteiger partial charge >= 0.3 is 0 Å². The van der Waals surface area contributed by atoms with E-state index in [0.29, 0.717) is 42.3 Å². The third-order valence-corrected chi connectivity index (χ3v) is 9.35. The molecule has 0 atom stereocenters. The van der Waals surface area contributed by atoms with Crippen LogP contribution in [0, 0.1) is 5.82 Å². The molecule has 1 aliphatic heterocycles. The van der Waals surface area contributed by atoms with Gasteiger partial charge in [-0.2, -0.15) is 5.10 Å². The first kappa shape index (κ1) is 26.6. The van der Waals surface area contributed by atoms with Crippen LogP contribution in [0.1, 0.15) is 24.3 Å². The van der Waals surface area contributed by atoms with Crippen molar-refractivity contribution in [3.05, 3.63) is 59.0 Å². The summed E-state index contributed by atoms with van der Waals surface area (Å²) in [5.41, 5.74) is 1.73.